The molecule has 6 heteroatoms. The molecule has 0 spiro atoms. The van der Waals surface area contributed by atoms with Crippen molar-refractivity contribution in [2.45, 2.75) is 11.5 Å². The predicted octanol–water partition coefficient (Wildman–Crippen LogP) is 4.37. The third-order valence-electron chi connectivity index (χ3n) is 3.86. The lowest BCUT2D eigenvalue weighted by Crippen LogP contribution is -2.28. The molecule has 3 rings (SSSR count). The maximum Gasteiger partial charge on any atom is 0.251 e. The van der Waals surface area contributed by atoms with Crippen LogP contribution in [0.25, 0.3) is 0 Å². The fraction of sp³-hybridized carbons (Fsp3) is 0.350. The van der Waals surface area contributed by atoms with Crippen LogP contribution in [-0.4, -0.2) is 37.2 Å². The molecule has 4 nitrogen and oxygen atoms in total. The summed E-state index contributed by atoms with van der Waals surface area (Å²) in [7, 11) is 0. The highest BCUT2D eigenvalue weighted by Crippen LogP contribution is 2.45. The van der Waals surface area contributed by atoms with Crippen LogP contribution in [0.5, 0.6) is 11.5 Å². The van der Waals surface area contributed by atoms with E-state index >= 15 is 0 Å². The normalized spacial score (nSPS) is 14.2. The average molecular weight is 390 g/mol. The van der Waals surface area contributed by atoms with E-state index in [2.05, 4.69) is 17.4 Å². The third kappa shape index (κ3) is 5.35. The first-order chi connectivity index (χ1) is 12.8. The monoisotopic (exact) mass is 389 g/mol. The quantitative estimate of drug-likeness (QED) is 0.679. The third-order valence-corrected chi connectivity index (χ3v) is 6.96. The van der Waals surface area contributed by atoms with Gasteiger partial charge in [-0.3, -0.25) is 4.79 Å². The SMILES string of the molecule is CCOc1ccc(OCCNC(=O)c2ccc(C3SCCS3)cc2)cc1. The highest BCUT2D eigenvalue weighted by atomic mass is 32.2. The van der Waals surface area contributed by atoms with Crippen molar-refractivity contribution in [3.8, 4) is 11.5 Å². The zero-order chi connectivity index (χ0) is 18.2. The number of hydrogen-bond donors (Lipinski definition) is 1. The molecule has 1 N–H and O–H groups in total. The molecule has 138 valence electrons. The number of amides is 1. The second-order valence-electron chi connectivity index (χ2n) is 5.70. The van der Waals surface area contributed by atoms with Crippen molar-refractivity contribution in [3.05, 3.63) is 59.7 Å². The molecule has 0 aliphatic carbocycles. The van der Waals surface area contributed by atoms with Gasteiger partial charge >= 0.3 is 0 Å². The summed E-state index contributed by atoms with van der Waals surface area (Å²) in [6, 6.07) is 15.4. The first-order valence-electron chi connectivity index (χ1n) is 8.73. The molecule has 0 radical (unpaired) electrons. The fourth-order valence-electron chi connectivity index (χ4n) is 2.58. The van der Waals surface area contributed by atoms with E-state index < -0.39 is 0 Å². The first kappa shape index (κ1) is 19.0. The van der Waals surface area contributed by atoms with Crippen molar-refractivity contribution < 1.29 is 14.3 Å². The maximum absolute atomic E-state index is 12.2. The Morgan fingerprint density at radius 1 is 1.00 bits per heavy atom. The molecule has 1 amide bonds. The van der Waals surface area contributed by atoms with E-state index in [0.29, 0.717) is 29.9 Å². The summed E-state index contributed by atoms with van der Waals surface area (Å²) in [5, 5.41) is 2.89. The van der Waals surface area contributed by atoms with Gasteiger partial charge in [0, 0.05) is 17.1 Å². The Balaban J connectivity index is 1.40. The Morgan fingerprint density at radius 2 is 1.62 bits per heavy atom. The van der Waals surface area contributed by atoms with Crippen LogP contribution in [0.1, 0.15) is 27.4 Å². The molecule has 0 aromatic heterocycles. The van der Waals surface area contributed by atoms with E-state index in [4.69, 9.17) is 9.47 Å². The molecular weight excluding hydrogens is 366 g/mol. The standard InChI is InChI=1S/C20H23NO3S2/c1-2-23-17-7-9-18(10-8-17)24-12-11-21-19(22)15-3-5-16(6-4-15)20-25-13-14-26-20/h3-10,20H,2,11-14H2,1H3,(H,21,22). The summed E-state index contributed by atoms with van der Waals surface area (Å²) in [6.07, 6.45) is 0. The van der Waals surface area contributed by atoms with E-state index in [1.54, 1.807) is 0 Å². The van der Waals surface area contributed by atoms with Crippen LogP contribution >= 0.6 is 23.5 Å². The second kappa shape index (κ2) is 9.78. The van der Waals surface area contributed by atoms with Gasteiger partial charge in [-0.2, -0.15) is 0 Å². The van der Waals surface area contributed by atoms with Crippen molar-refractivity contribution in [2.75, 3.05) is 31.3 Å². The van der Waals surface area contributed by atoms with Crippen LogP contribution < -0.4 is 14.8 Å². The molecule has 1 aliphatic heterocycles. The summed E-state index contributed by atoms with van der Waals surface area (Å²) in [6.45, 7) is 3.48. The number of ether oxygens (including phenoxy) is 2. The van der Waals surface area contributed by atoms with Crippen LogP contribution in [-0.2, 0) is 0 Å². The summed E-state index contributed by atoms with van der Waals surface area (Å²) < 4.78 is 11.5. The van der Waals surface area contributed by atoms with Crippen LogP contribution in [0.15, 0.2) is 48.5 Å². The molecule has 1 aliphatic rings. The zero-order valence-electron chi connectivity index (χ0n) is 14.8. The van der Waals surface area contributed by atoms with Gasteiger partial charge in [-0.05, 0) is 48.9 Å². The van der Waals surface area contributed by atoms with Gasteiger partial charge in [-0.25, -0.2) is 0 Å². The van der Waals surface area contributed by atoms with Crippen LogP contribution in [0.3, 0.4) is 0 Å². The van der Waals surface area contributed by atoms with Crippen LogP contribution in [0.4, 0.5) is 0 Å². The molecule has 1 saturated heterocycles. The summed E-state index contributed by atoms with van der Waals surface area (Å²) in [5.74, 6) is 3.92. The predicted molar refractivity (Wildman–Crippen MR) is 110 cm³/mol. The lowest BCUT2D eigenvalue weighted by Gasteiger charge is -2.10. The van der Waals surface area contributed by atoms with Crippen molar-refractivity contribution in [3.63, 3.8) is 0 Å². The number of benzene rings is 2. The minimum Gasteiger partial charge on any atom is -0.494 e. The molecular formula is C20H23NO3S2. The van der Waals surface area contributed by atoms with E-state index in [9.17, 15) is 4.79 Å². The number of nitrogens with one attached hydrogen (secondary N) is 1. The van der Waals surface area contributed by atoms with Gasteiger partial charge in [-0.15, -0.1) is 23.5 Å². The minimum absolute atomic E-state index is 0.0708. The van der Waals surface area contributed by atoms with Gasteiger partial charge in [0.1, 0.15) is 18.1 Å². The maximum atomic E-state index is 12.2. The number of carbonyl (C=O) groups excluding carboxylic acids is 1. The molecule has 0 saturated carbocycles. The van der Waals surface area contributed by atoms with E-state index in [-0.39, 0.29) is 5.91 Å². The van der Waals surface area contributed by atoms with Crippen LogP contribution in [0, 0.1) is 0 Å². The van der Waals surface area contributed by atoms with Gasteiger partial charge in [0.05, 0.1) is 17.7 Å². The summed E-state index contributed by atoms with van der Waals surface area (Å²) in [5.41, 5.74) is 1.97. The number of rotatable bonds is 8. The largest absolute Gasteiger partial charge is 0.494 e. The average Bonchev–Trinajstić information content (AvgIpc) is 3.21. The topological polar surface area (TPSA) is 47.6 Å². The Morgan fingerprint density at radius 3 is 2.23 bits per heavy atom. The fourth-order valence-corrected chi connectivity index (χ4v) is 5.44. The Labute approximate surface area is 163 Å². The molecule has 2 aromatic rings. The smallest absolute Gasteiger partial charge is 0.251 e. The molecule has 2 aromatic carbocycles. The number of thioether (sulfide) groups is 2. The molecule has 0 bridgehead atoms. The van der Waals surface area contributed by atoms with Crippen LogP contribution in [0.2, 0.25) is 0 Å². The molecule has 1 heterocycles. The molecule has 1 fully saturated rings. The molecule has 0 unspecified atom stereocenters. The van der Waals surface area contributed by atoms with Crippen molar-refractivity contribution in [2.24, 2.45) is 0 Å². The molecule has 0 atom stereocenters. The van der Waals surface area contributed by atoms with E-state index in [1.165, 1.54) is 17.1 Å². The first-order valence-corrected chi connectivity index (χ1v) is 10.8. The highest BCUT2D eigenvalue weighted by Gasteiger charge is 2.18. The van der Waals surface area contributed by atoms with Gasteiger partial charge < -0.3 is 14.8 Å². The lowest BCUT2D eigenvalue weighted by molar-refractivity contribution is 0.0947. The highest BCUT2D eigenvalue weighted by molar-refractivity contribution is 8.19. The van der Waals surface area contributed by atoms with Gasteiger partial charge in [0.2, 0.25) is 0 Å². The minimum atomic E-state index is -0.0708. The second-order valence-corrected chi connectivity index (χ2v) is 8.43. The number of carbonyl (C=O) groups is 1. The van der Waals surface area contributed by atoms with Crippen molar-refractivity contribution >= 4 is 29.4 Å². The number of hydrogen-bond acceptors (Lipinski definition) is 5. The Bertz CT molecular complexity index is 698. The Kier molecular flexibility index (Phi) is 7.14. The van der Waals surface area contributed by atoms with Gasteiger partial charge in [-0.1, -0.05) is 12.1 Å². The Hall–Kier alpha value is -1.79. The lowest BCUT2D eigenvalue weighted by atomic mass is 10.1. The zero-order valence-corrected chi connectivity index (χ0v) is 16.4. The molecule has 26 heavy (non-hydrogen) atoms. The van der Waals surface area contributed by atoms with Gasteiger partial charge in [0.15, 0.2) is 0 Å². The van der Waals surface area contributed by atoms with E-state index in [0.717, 1.165) is 11.5 Å². The van der Waals surface area contributed by atoms with Gasteiger partial charge in [0.25, 0.3) is 5.91 Å². The summed E-state index contributed by atoms with van der Waals surface area (Å²) in [4.78, 5) is 12.2. The van der Waals surface area contributed by atoms with Crippen molar-refractivity contribution in [1.82, 2.24) is 5.32 Å². The summed E-state index contributed by atoms with van der Waals surface area (Å²) >= 11 is 3.93. The van der Waals surface area contributed by atoms with E-state index in [1.807, 2.05) is 66.8 Å². The van der Waals surface area contributed by atoms with Crippen molar-refractivity contribution in [1.29, 1.82) is 0 Å².